The van der Waals surface area contributed by atoms with Gasteiger partial charge >= 0.3 is 5.97 Å². The van der Waals surface area contributed by atoms with Crippen molar-refractivity contribution < 1.29 is 9.53 Å². The monoisotopic (exact) mass is 281 g/mol. The molecule has 18 heavy (non-hydrogen) atoms. The number of hydrogen-bond acceptors (Lipinski definition) is 4. The molecule has 0 unspecified atom stereocenters. The third-order valence-corrected chi connectivity index (χ3v) is 4.33. The maximum absolute atomic E-state index is 11.6. The number of nitrogens with two attached hydrogens (primary N) is 1. The van der Waals surface area contributed by atoms with Gasteiger partial charge in [-0.1, -0.05) is 29.8 Å². The van der Waals surface area contributed by atoms with Crippen LogP contribution in [0.15, 0.2) is 24.3 Å². The van der Waals surface area contributed by atoms with Crippen molar-refractivity contribution in [2.45, 2.75) is 6.92 Å². The second-order valence-corrected chi connectivity index (χ2v) is 5.20. The van der Waals surface area contributed by atoms with Gasteiger partial charge in [0.15, 0.2) is 0 Å². The normalized spacial score (nSPS) is 10.4. The third-order valence-electron chi connectivity index (χ3n) is 2.68. The molecule has 3 nitrogen and oxygen atoms in total. The maximum atomic E-state index is 11.6. The summed E-state index contributed by atoms with van der Waals surface area (Å²) in [5.74, 6) is -0.418. The van der Waals surface area contributed by atoms with Gasteiger partial charge in [0.25, 0.3) is 0 Å². The molecule has 0 atom stereocenters. The Morgan fingerprint density at radius 2 is 2.06 bits per heavy atom. The van der Waals surface area contributed by atoms with E-state index in [0.717, 1.165) is 16.0 Å². The SMILES string of the molecule is COC(=O)c1sc(-c2ccccc2Cl)c(C)c1N. The molecule has 0 radical (unpaired) electrons. The molecule has 0 saturated heterocycles. The molecule has 94 valence electrons. The van der Waals surface area contributed by atoms with Crippen LogP contribution in [0.3, 0.4) is 0 Å². The zero-order valence-electron chi connectivity index (χ0n) is 9.99. The molecule has 1 aromatic heterocycles. The van der Waals surface area contributed by atoms with Crippen molar-refractivity contribution in [1.82, 2.24) is 0 Å². The van der Waals surface area contributed by atoms with Crippen LogP contribution in [0.2, 0.25) is 5.02 Å². The molecule has 1 heterocycles. The molecular weight excluding hydrogens is 270 g/mol. The molecule has 0 saturated carbocycles. The molecule has 0 aliphatic rings. The summed E-state index contributed by atoms with van der Waals surface area (Å²) in [4.78, 5) is 12.9. The highest BCUT2D eigenvalue weighted by atomic mass is 35.5. The van der Waals surface area contributed by atoms with Gasteiger partial charge < -0.3 is 10.5 Å². The molecule has 2 aromatic rings. The number of thiophene rings is 1. The van der Waals surface area contributed by atoms with E-state index in [1.165, 1.54) is 18.4 Å². The lowest BCUT2D eigenvalue weighted by molar-refractivity contribution is 0.0607. The molecule has 0 fully saturated rings. The molecule has 2 rings (SSSR count). The van der Waals surface area contributed by atoms with Crippen LogP contribution in [0.25, 0.3) is 10.4 Å². The molecular formula is C13H12ClNO2S. The fraction of sp³-hybridized carbons (Fsp3) is 0.154. The van der Waals surface area contributed by atoms with Crippen molar-refractivity contribution in [3.05, 3.63) is 39.7 Å². The molecule has 1 aromatic carbocycles. The number of ether oxygens (including phenoxy) is 1. The number of halogens is 1. The van der Waals surface area contributed by atoms with Crippen molar-refractivity contribution in [2.75, 3.05) is 12.8 Å². The van der Waals surface area contributed by atoms with Crippen LogP contribution < -0.4 is 5.73 Å². The summed E-state index contributed by atoms with van der Waals surface area (Å²) >= 11 is 7.46. The van der Waals surface area contributed by atoms with E-state index >= 15 is 0 Å². The Balaban J connectivity index is 2.60. The second-order valence-electron chi connectivity index (χ2n) is 3.77. The minimum atomic E-state index is -0.418. The number of benzene rings is 1. The summed E-state index contributed by atoms with van der Waals surface area (Å²) in [6.45, 7) is 1.87. The quantitative estimate of drug-likeness (QED) is 0.853. The van der Waals surface area contributed by atoms with E-state index in [4.69, 9.17) is 22.1 Å². The second kappa shape index (κ2) is 5.00. The molecule has 0 aliphatic carbocycles. The van der Waals surface area contributed by atoms with E-state index in [0.29, 0.717) is 15.6 Å². The lowest BCUT2D eigenvalue weighted by Crippen LogP contribution is -2.01. The van der Waals surface area contributed by atoms with Gasteiger partial charge in [0.2, 0.25) is 0 Å². The standard InChI is InChI=1S/C13H12ClNO2S/c1-7-10(15)12(13(16)17-2)18-11(7)8-5-3-4-6-9(8)14/h3-6H,15H2,1-2H3. The number of rotatable bonds is 2. The fourth-order valence-electron chi connectivity index (χ4n) is 1.67. The highest BCUT2D eigenvalue weighted by molar-refractivity contribution is 7.18. The highest BCUT2D eigenvalue weighted by Crippen LogP contribution is 2.40. The van der Waals surface area contributed by atoms with Gasteiger partial charge in [-0.15, -0.1) is 11.3 Å². The summed E-state index contributed by atoms with van der Waals surface area (Å²) in [5.41, 5.74) is 8.13. The van der Waals surface area contributed by atoms with Crippen LogP contribution >= 0.6 is 22.9 Å². The number of anilines is 1. The zero-order chi connectivity index (χ0) is 13.3. The van der Waals surface area contributed by atoms with Crippen molar-refractivity contribution in [2.24, 2.45) is 0 Å². The lowest BCUT2D eigenvalue weighted by Gasteiger charge is -2.02. The Bertz CT molecular complexity index is 607. The smallest absolute Gasteiger partial charge is 0.350 e. The Labute approximate surface area is 114 Å². The Morgan fingerprint density at radius 1 is 1.39 bits per heavy atom. The first-order chi connectivity index (χ1) is 8.56. The first kappa shape index (κ1) is 12.9. The Kier molecular flexibility index (Phi) is 3.59. The first-order valence-electron chi connectivity index (χ1n) is 5.28. The van der Waals surface area contributed by atoms with Crippen molar-refractivity contribution in [3.63, 3.8) is 0 Å². The summed E-state index contributed by atoms with van der Waals surface area (Å²) in [6.07, 6.45) is 0. The van der Waals surface area contributed by atoms with Gasteiger partial charge in [-0.2, -0.15) is 0 Å². The molecule has 0 amide bonds. The average Bonchev–Trinajstić information content (AvgIpc) is 2.67. The van der Waals surface area contributed by atoms with Gasteiger partial charge in [-0.25, -0.2) is 4.79 Å². The predicted molar refractivity (Wildman–Crippen MR) is 75.3 cm³/mol. The van der Waals surface area contributed by atoms with Crippen molar-refractivity contribution >= 4 is 34.6 Å². The van der Waals surface area contributed by atoms with E-state index in [2.05, 4.69) is 0 Å². The molecule has 0 spiro atoms. The van der Waals surface area contributed by atoms with Gasteiger partial charge in [0, 0.05) is 15.5 Å². The van der Waals surface area contributed by atoms with Gasteiger partial charge in [-0.05, 0) is 18.6 Å². The minimum absolute atomic E-state index is 0.418. The zero-order valence-corrected chi connectivity index (χ0v) is 11.6. The van der Waals surface area contributed by atoms with E-state index in [-0.39, 0.29) is 0 Å². The number of esters is 1. The molecule has 5 heteroatoms. The Hall–Kier alpha value is -1.52. The number of nitrogen functional groups attached to an aromatic ring is 1. The van der Waals surface area contributed by atoms with Crippen LogP contribution in [0.4, 0.5) is 5.69 Å². The summed E-state index contributed by atoms with van der Waals surface area (Å²) < 4.78 is 4.71. The topological polar surface area (TPSA) is 52.3 Å². The van der Waals surface area contributed by atoms with Gasteiger partial charge in [0.05, 0.1) is 12.8 Å². The van der Waals surface area contributed by atoms with Crippen LogP contribution in [-0.2, 0) is 4.74 Å². The predicted octanol–water partition coefficient (Wildman–Crippen LogP) is 3.75. The highest BCUT2D eigenvalue weighted by Gasteiger charge is 2.20. The van der Waals surface area contributed by atoms with Crippen LogP contribution in [0, 0.1) is 6.92 Å². The van der Waals surface area contributed by atoms with Crippen LogP contribution in [0.1, 0.15) is 15.2 Å². The number of carbonyl (C=O) groups is 1. The van der Waals surface area contributed by atoms with Crippen molar-refractivity contribution in [1.29, 1.82) is 0 Å². The van der Waals surface area contributed by atoms with Gasteiger partial charge in [0.1, 0.15) is 4.88 Å². The number of carbonyl (C=O) groups excluding carboxylic acids is 1. The number of hydrogen-bond donors (Lipinski definition) is 1. The maximum Gasteiger partial charge on any atom is 0.350 e. The molecule has 0 aliphatic heterocycles. The van der Waals surface area contributed by atoms with E-state index < -0.39 is 5.97 Å². The molecule has 0 bridgehead atoms. The van der Waals surface area contributed by atoms with Crippen molar-refractivity contribution in [3.8, 4) is 10.4 Å². The van der Waals surface area contributed by atoms with E-state index in [9.17, 15) is 4.79 Å². The van der Waals surface area contributed by atoms with Gasteiger partial charge in [-0.3, -0.25) is 0 Å². The lowest BCUT2D eigenvalue weighted by atomic mass is 10.1. The fourth-order valence-corrected chi connectivity index (χ4v) is 3.14. The average molecular weight is 282 g/mol. The van der Waals surface area contributed by atoms with Crippen LogP contribution in [-0.4, -0.2) is 13.1 Å². The minimum Gasteiger partial charge on any atom is -0.465 e. The summed E-state index contributed by atoms with van der Waals surface area (Å²) in [7, 11) is 1.34. The third kappa shape index (κ3) is 2.09. The largest absolute Gasteiger partial charge is 0.465 e. The van der Waals surface area contributed by atoms with Crippen LogP contribution in [0.5, 0.6) is 0 Å². The van der Waals surface area contributed by atoms with E-state index in [1.54, 1.807) is 0 Å². The summed E-state index contributed by atoms with van der Waals surface area (Å²) in [6, 6.07) is 7.47. The first-order valence-corrected chi connectivity index (χ1v) is 6.47. The molecule has 2 N–H and O–H groups in total. The number of methoxy groups -OCH3 is 1. The van der Waals surface area contributed by atoms with E-state index in [1.807, 2.05) is 31.2 Å². The Morgan fingerprint density at radius 3 is 2.67 bits per heavy atom. The summed E-state index contributed by atoms with van der Waals surface area (Å²) in [5, 5.41) is 0.637.